The van der Waals surface area contributed by atoms with Gasteiger partial charge in [0.2, 0.25) is 0 Å². The molecule has 0 aromatic heterocycles. The van der Waals surface area contributed by atoms with Crippen molar-refractivity contribution in [3.63, 3.8) is 0 Å². The van der Waals surface area contributed by atoms with Crippen LogP contribution in [0, 0.1) is 17.0 Å². The number of carbonyl (C=O) groups excluding carboxylic acids is 1. The summed E-state index contributed by atoms with van der Waals surface area (Å²) in [6.45, 7) is 6.15. The molecule has 6 nitrogen and oxygen atoms in total. The maximum atomic E-state index is 12.1. The Bertz CT molecular complexity index is 714. The molecule has 1 amide bonds. The van der Waals surface area contributed by atoms with E-state index < -0.39 is 4.92 Å². The summed E-state index contributed by atoms with van der Waals surface area (Å²) in [5.41, 5.74) is 2.71. The molecular weight excluding hydrogens is 306 g/mol. The fourth-order valence-corrected chi connectivity index (χ4v) is 2.44. The Kier molecular flexibility index (Phi) is 5.89. The minimum Gasteiger partial charge on any atom is -0.370 e. The molecule has 0 bridgehead atoms. The van der Waals surface area contributed by atoms with Crippen molar-refractivity contribution in [2.24, 2.45) is 0 Å². The van der Waals surface area contributed by atoms with Crippen LogP contribution < -0.4 is 10.2 Å². The fourth-order valence-electron chi connectivity index (χ4n) is 2.44. The number of nitro benzene ring substituents is 1. The number of likely N-dealkylation sites (N-methyl/N-ethyl adjacent to an activating group) is 1. The highest BCUT2D eigenvalue weighted by atomic mass is 16.6. The van der Waals surface area contributed by atoms with E-state index in [0.29, 0.717) is 18.7 Å². The zero-order chi connectivity index (χ0) is 17.5. The summed E-state index contributed by atoms with van der Waals surface area (Å²) in [4.78, 5) is 24.4. The highest BCUT2D eigenvalue weighted by Gasteiger charge is 2.10. The molecule has 0 unspecified atom stereocenters. The van der Waals surface area contributed by atoms with Crippen molar-refractivity contribution in [1.29, 1.82) is 0 Å². The Morgan fingerprint density at radius 1 is 1.21 bits per heavy atom. The second-order valence-electron chi connectivity index (χ2n) is 5.48. The maximum absolute atomic E-state index is 12.1. The molecule has 126 valence electrons. The van der Waals surface area contributed by atoms with E-state index in [4.69, 9.17) is 0 Å². The smallest absolute Gasteiger partial charge is 0.269 e. The molecule has 6 heteroatoms. The van der Waals surface area contributed by atoms with E-state index >= 15 is 0 Å². The Labute approximate surface area is 141 Å². The third-order valence-electron chi connectivity index (χ3n) is 3.76. The number of carbonyl (C=O) groups is 1. The molecule has 0 fully saturated rings. The van der Waals surface area contributed by atoms with E-state index in [2.05, 4.69) is 29.3 Å². The van der Waals surface area contributed by atoms with Gasteiger partial charge < -0.3 is 10.2 Å². The fraction of sp³-hybridized carbons (Fsp3) is 0.278. The number of benzene rings is 2. The Balaban J connectivity index is 1.90. The molecule has 0 heterocycles. The van der Waals surface area contributed by atoms with Crippen molar-refractivity contribution >= 4 is 17.3 Å². The van der Waals surface area contributed by atoms with Crippen LogP contribution in [0.15, 0.2) is 48.5 Å². The van der Waals surface area contributed by atoms with E-state index in [1.54, 1.807) is 0 Å². The van der Waals surface area contributed by atoms with E-state index in [9.17, 15) is 14.9 Å². The molecule has 0 saturated heterocycles. The Hall–Kier alpha value is -2.89. The van der Waals surface area contributed by atoms with Crippen molar-refractivity contribution in [2.75, 3.05) is 24.5 Å². The van der Waals surface area contributed by atoms with Crippen LogP contribution >= 0.6 is 0 Å². The highest BCUT2D eigenvalue weighted by molar-refractivity contribution is 5.94. The number of hydrogen-bond donors (Lipinski definition) is 1. The molecular formula is C18H21N3O3. The van der Waals surface area contributed by atoms with Crippen molar-refractivity contribution in [1.82, 2.24) is 5.32 Å². The van der Waals surface area contributed by atoms with Gasteiger partial charge in [-0.25, -0.2) is 0 Å². The number of nitro groups is 1. The molecule has 0 radical (unpaired) electrons. The van der Waals surface area contributed by atoms with Crippen LogP contribution in [0.1, 0.15) is 22.8 Å². The summed E-state index contributed by atoms with van der Waals surface area (Å²) in [6.07, 6.45) is 0. The van der Waals surface area contributed by atoms with Gasteiger partial charge in [0, 0.05) is 43.0 Å². The number of hydrogen-bond acceptors (Lipinski definition) is 4. The number of nitrogens with zero attached hydrogens (tertiary/aromatic N) is 2. The molecule has 2 aromatic rings. The third-order valence-corrected chi connectivity index (χ3v) is 3.76. The molecule has 0 saturated carbocycles. The molecule has 0 aliphatic heterocycles. The lowest BCUT2D eigenvalue weighted by Gasteiger charge is -2.23. The van der Waals surface area contributed by atoms with Gasteiger partial charge in [0.05, 0.1) is 4.92 Å². The largest absolute Gasteiger partial charge is 0.370 e. The van der Waals surface area contributed by atoms with Crippen molar-refractivity contribution in [3.05, 3.63) is 69.8 Å². The van der Waals surface area contributed by atoms with E-state index in [0.717, 1.165) is 12.2 Å². The third kappa shape index (κ3) is 4.55. The first-order valence-corrected chi connectivity index (χ1v) is 7.85. The van der Waals surface area contributed by atoms with Crippen LogP contribution in [0.25, 0.3) is 0 Å². The molecule has 0 aliphatic rings. The summed E-state index contributed by atoms with van der Waals surface area (Å²) in [7, 11) is 0. The van der Waals surface area contributed by atoms with Crippen LogP contribution in [0.4, 0.5) is 11.4 Å². The highest BCUT2D eigenvalue weighted by Crippen LogP contribution is 2.15. The first-order chi connectivity index (χ1) is 11.5. The van der Waals surface area contributed by atoms with Crippen molar-refractivity contribution in [2.45, 2.75) is 13.8 Å². The Morgan fingerprint density at radius 2 is 1.92 bits per heavy atom. The number of anilines is 1. The number of non-ortho nitro benzene ring substituents is 1. The molecule has 0 spiro atoms. The SMILES string of the molecule is CCN(CCNC(=O)c1ccc([N+](=O)[O-])cc1)c1cccc(C)c1. The van der Waals surface area contributed by atoms with Gasteiger partial charge in [-0.05, 0) is 43.7 Å². The van der Waals surface area contributed by atoms with Gasteiger partial charge in [-0.1, -0.05) is 12.1 Å². The second-order valence-corrected chi connectivity index (χ2v) is 5.48. The second kappa shape index (κ2) is 8.10. The van der Waals surface area contributed by atoms with Gasteiger partial charge >= 0.3 is 0 Å². The number of nitrogens with one attached hydrogen (secondary N) is 1. The van der Waals surface area contributed by atoms with Crippen LogP contribution in [0.3, 0.4) is 0 Å². The van der Waals surface area contributed by atoms with Crippen LogP contribution in [0.2, 0.25) is 0 Å². The van der Waals surface area contributed by atoms with Gasteiger partial charge in [0.15, 0.2) is 0 Å². The minimum absolute atomic E-state index is 0.0249. The first-order valence-electron chi connectivity index (χ1n) is 7.85. The first kappa shape index (κ1) is 17.5. The van der Waals surface area contributed by atoms with Crippen LogP contribution in [-0.2, 0) is 0 Å². The molecule has 1 N–H and O–H groups in total. The molecule has 24 heavy (non-hydrogen) atoms. The van der Waals surface area contributed by atoms with Crippen LogP contribution in [0.5, 0.6) is 0 Å². The monoisotopic (exact) mass is 327 g/mol. The van der Waals surface area contributed by atoms with Gasteiger partial charge in [0.1, 0.15) is 0 Å². The Morgan fingerprint density at radius 3 is 2.50 bits per heavy atom. The molecule has 2 rings (SSSR count). The average molecular weight is 327 g/mol. The van der Waals surface area contributed by atoms with E-state index in [-0.39, 0.29) is 11.6 Å². The van der Waals surface area contributed by atoms with E-state index in [1.165, 1.54) is 29.8 Å². The summed E-state index contributed by atoms with van der Waals surface area (Å²) in [5, 5.41) is 13.5. The minimum atomic E-state index is -0.483. The molecule has 0 atom stereocenters. The van der Waals surface area contributed by atoms with Crippen molar-refractivity contribution < 1.29 is 9.72 Å². The normalized spacial score (nSPS) is 10.2. The lowest BCUT2D eigenvalue weighted by molar-refractivity contribution is -0.384. The number of amides is 1. The van der Waals surface area contributed by atoms with Crippen molar-refractivity contribution in [3.8, 4) is 0 Å². The van der Waals surface area contributed by atoms with Gasteiger partial charge in [-0.15, -0.1) is 0 Å². The predicted octanol–water partition coefficient (Wildman–Crippen LogP) is 3.16. The standard InChI is InChI=1S/C18H21N3O3/c1-3-20(17-6-4-5-14(2)13-17)12-11-19-18(22)15-7-9-16(10-8-15)21(23)24/h4-10,13H,3,11-12H2,1-2H3,(H,19,22). The lowest BCUT2D eigenvalue weighted by Crippen LogP contribution is -2.35. The summed E-state index contributed by atoms with van der Waals surface area (Å²) in [5.74, 6) is -0.231. The average Bonchev–Trinajstić information content (AvgIpc) is 2.58. The van der Waals surface area contributed by atoms with E-state index in [1.807, 2.05) is 19.1 Å². The van der Waals surface area contributed by atoms with Gasteiger partial charge in [-0.2, -0.15) is 0 Å². The quantitative estimate of drug-likeness (QED) is 0.626. The molecule has 2 aromatic carbocycles. The summed E-state index contributed by atoms with van der Waals surface area (Å²) >= 11 is 0. The zero-order valence-electron chi connectivity index (χ0n) is 13.9. The topological polar surface area (TPSA) is 75.5 Å². The summed E-state index contributed by atoms with van der Waals surface area (Å²) in [6, 6.07) is 13.8. The van der Waals surface area contributed by atoms with Gasteiger partial charge in [0.25, 0.3) is 11.6 Å². The van der Waals surface area contributed by atoms with Gasteiger partial charge in [-0.3, -0.25) is 14.9 Å². The number of rotatable bonds is 7. The van der Waals surface area contributed by atoms with Crippen LogP contribution in [-0.4, -0.2) is 30.5 Å². The predicted molar refractivity (Wildman–Crippen MR) is 94.5 cm³/mol. The lowest BCUT2D eigenvalue weighted by atomic mass is 10.2. The molecule has 0 aliphatic carbocycles. The zero-order valence-corrected chi connectivity index (χ0v) is 13.9. The number of aryl methyl sites for hydroxylation is 1. The summed E-state index contributed by atoms with van der Waals surface area (Å²) < 4.78 is 0. The maximum Gasteiger partial charge on any atom is 0.269 e.